The van der Waals surface area contributed by atoms with E-state index in [-0.39, 0.29) is 16.3 Å². The second-order valence-electron chi connectivity index (χ2n) is 4.21. The second kappa shape index (κ2) is 5.90. The number of sulfonamides is 2. The van der Waals surface area contributed by atoms with E-state index in [1.54, 1.807) is 6.07 Å². The smallest absolute Gasteiger partial charge is 0.242 e. The van der Waals surface area contributed by atoms with Crippen molar-refractivity contribution in [1.29, 1.82) is 0 Å². The molecule has 0 radical (unpaired) electrons. The normalized spacial score (nSPS) is 12.2. The first-order chi connectivity index (χ1) is 9.79. The number of benzene rings is 1. The third-order valence-corrected chi connectivity index (χ3v) is 4.94. The van der Waals surface area contributed by atoms with Crippen LogP contribution in [-0.4, -0.2) is 21.8 Å². The Labute approximate surface area is 122 Å². The van der Waals surface area contributed by atoms with Crippen molar-refractivity contribution in [1.82, 2.24) is 9.71 Å². The van der Waals surface area contributed by atoms with Crippen molar-refractivity contribution in [2.75, 3.05) is 0 Å². The fourth-order valence-electron chi connectivity index (χ4n) is 1.60. The number of hydrogen-bond acceptors (Lipinski definition) is 5. The summed E-state index contributed by atoms with van der Waals surface area (Å²) in [5, 5.41) is 5.02. The predicted molar refractivity (Wildman–Crippen MR) is 76.1 cm³/mol. The van der Waals surface area contributed by atoms with Crippen molar-refractivity contribution < 1.29 is 16.8 Å². The molecule has 1 aromatic carbocycles. The van der Waals surface area contributed by atoms with Gasteiger partial charge in [-0.15, -0.1) is 0 Å². The molecule has 0 atom stereocenters. The molecule has 0 fully saturated rings. The van der Waals surface area contributed by atoms with Gasteiger partial charge in [-0.25, -0.2) is 26.7 Å². The molecular formula is C12H13N3O4S2. The topological polar surface area (TPSA) is 119 Å². The van der Waals surface area contributed by atoms with Crippen molar-refractivity contribution in [3.05, 3.63) is 54.4 Å². The number of rotatable bonds is 5. The van der Waals surface area contributed by atoms with Gasteiger partial charge < -0.3 is 0 Å². The first-order valence-corrected chi connectivity index (χ1v) is 8.83. The molecule has 0 amide bonds. The van der Waals surface area contributed by atoms with Crippen molar-refractivity contribution in [2.45, 2.75) is 16.3 Å². The maximum absolute atomic E-state index is 12.0. The Morgan fingerprint density at radius 1 is 1.05 bits per heavy atom. The Morgan fingerprint density at radius 3 is 2.38 bits per heavy atom. The Bertz CT molecular complexity index is 834. The van der Waals surface area contributed by atoms with Gasteiger partial charge in [0.15, 0.2) is 0 Å². The van der Waals surface area contributed by atoms with Crippen LogP contribution in [0.25, 0.3) is 0 Å². The van der Waals surface area contributed by atoms with E-state index in [0.29, 0.717) is 5.56 Å². The molecule has 0 spiro atoms. The monoisotopic (exact) mass is 327 g/mol. The molecule has 9 heteroatoms. The lowest BCUT2D eigenvalue weighted by molar-refractivity contribution is 0.581. The maximum atomic E-state index is 12.0. The Hall–Kier alpha value is -1.81. The fourth-order valence-corrected chi connectivity index (χ4v) is 3.16. The first kappa shape index (κ1) is 15.6. The van der Waals surface area contributed by atoms with Crippen molar-refractivity contribution in [3.63, 3.8) is 0 Å². The molecule has 7 nitrogen and oxygen atoms in total. The molecule has 112 valence electrons. The van der Waals surface area contributed by atoms with Gasteiger partial charge in [0.1, 0.15) is 4.90 Å². The van der Waals surface area contributed by atoms with Gasteiger partial charge in [0.2, 0.25) is 20.0 Å². The number of nitrogens with one attached hydrogen (secondary N) is 1. The Kier molecular flexibility index (Phi) is 4.37. The van der Waals surface area contributed by atoms with Gasteiger partial charge in [-0.3, -0.25) is 4.98 Å². The zero-order chi connectivity index (χ0) is 15.5. The van der Waals surface area contributed by atoms with Gasteiger partial charge in [-0.1, -0.05) is 12.1 Å². The molecule has 1 aromatic heterocycles. The summed E-state index contributed by atoms with van der Waals surface area (Å²) in [6, 6.07) is 8.68. The predicted octanol–water partition coefficient (Wildman–Crippen LogP) is 0.207. The number of primary sulfonamides is 1. The van der Waals surface area contributed by atoms with Gasteiger partial charge in [0.05, 0.1) is 4.90 Å². The van der Waals surface area contributed by atoms with Crippen LogP contribution in [0.15, 0.2) is 58.6 Å². The summed E-state index contributed by atoms with van der Waals surface area (Å²) >= 11 is 0. The molecule has 1 heterocycles. The van der Waals surface area contributed by atoms with E-state index in [9.17, 15) is 16.8 Å². The highest BCUT2D eigenvalue weighted by Crippen LogP contribution is 2.11. The highest BCUT2D eigenvalue weighted by atomic mass is 32.2. The molecule has 0 saturated carbocycles. The van der Waals surface area contributed by atoms with E-state index in [0.717, 1.165) is 0 Å². The average molecular weight is 327 g/mol. The minimum Gasteiger partial charge on any atom is -0.263 e. The average Bonchev–Trinajstić information content (AvgIpc) is 2.46. The number of aromatic nitrogens is 1. The van der Waals surface area contributed by atoms with Crippen molar-refractivity contribution in [2.24, 2.45) is 5.14 Å². The summed E-state index contributed by atoms with van der Waals surface area (Å²) in [7, 11) is -7.52. The van der Waals surface area contributed by atoms with Crippen molar-refractivity contribution >= 4 is 20.0 Å². The lowest BCUT2D eigenvalue weighted by Gasteiger charge is -2.07. The number of nitrogens with two attached hydrogens (primary N) is 1. The summed E-state index contributed by atoms with van der Waals surface area (Å²) in [6.45, 7) is -0.0550. The van der Waals surface area contributed by atoms with Crippen LogP contribution >= 0.6 is 0 Å². The lowest BCUT2D eigenvalue weighted by atomic mass is 10.2. The van der Waals surface area contributed by atoms with Crippen LogP contribution < -0.4 is 9.86 Å². The molecule has 0 unspecified atom stereocenters. The number of hydrogen-bond donors (Lipinski definition) is 2. The fraction of sp³-hybridized carbons (Fsp3) is 0.0833. The largest absolute Gasteiger partial charge is 0.263 e. The molecule has 0 saturated heterocycles. The van der Waals surface area contributed by atoms with Gasteiger partial charge in [-0.2, -0.15) is 0 Å². The number of nitrogens with zero attached hydrogens (tertiary/aromatic N) is 1. The molecule has 2 rings (SSSR count). The van der Waals surface area contributed by atoms with E-state index < -0.39 is 20.0 Å². The maximum Gasteiger partial charge on any atom is 0.242 e. The SMILES string of the molecule is NS(=O)(=O)c1cccc(CNS(=O)(=O)c2cccnc2)c1. The minimum absolute atomic E-state index is 0.0348. The zero-order valence-corrected chi connectivity index (χ0v) is 12.4. The third-order valence-electron chi connectivity index (χ3n) is 2.64. The first-order valence-electron chi connectivity index (χ1n) is 5.80. The Balaban J connectivity index is 2.17. The highest BCUT2D eigenvalue weighted by molar-refractivity contribution is 7.89. The molecule has 21 heavy (non-hydrogen) atoms. The summed E-state index contributed by atoms with van der Waals surface area (Å²) < 4.78 is 48.8. The van der Waals surface area contributed by atoms with E-state index in [4.69, 9.17) is 5.14 Å². The van der Waals surface area contributed by atoms with Crippen LogP contribution in [0.4, 0.5) is 0 Å². The Morgan fingerprint density at radius 2 is 1.76 bits per heavy atom. The molecule has 0 bridgehead atoms. The second-order valence-corrected chi connectivity index (χ2v) is 7.53. The quantitative estimate of drug-likeness (QED) is 0.813. The van der Waals surface area contributed by atoms with E-state index in [2.05, 4.69) is 9.71 Å². The molecule has 3 N–H and O–H groups in total. The van der Waals surface area contributed by atoms with Gasteiger partial charge >= 0.3 is 0 Å². The van der Waals surface area contributed by atoms with Crippen LogP contribution in [0.5, 0.6) is 0 Å². The lowest BCUT2D eigenvalue weighted by Crippen LogP contribution is -2.23. The zero-order valence-electron chi connectivity index (χ0n) is 10.8. The van der Waals surface area contributed by atoms with Crippen molar-refractivity contribution in [3.8, 4) is 0 Å². The molecular weight excluding hydrogens is 314 g/mol. The van der Waals surface area contributed by atoms with Crippen LogP contribution in [0.3, 0.4) is 0 Å². The van der Waals surface area contributed by atoms with E-state index >= 15 is 0 Å². The number of pyridine rings is 1. The summed E-state index contributed by atoms with van der Waals surface area (Å²) in [5.41, 5.74) is 0.481. The summed E-state index contributed by atoms with van der Waals surface area (Å²) in [5.74, 6) is 0. The minimum atomic E-state index is -3.82. The molecule has 0 aliphatic carbocycles. The highest BCUT2D eigenvalue weighted by Gasteiger charge is 2.14. The standard InChI is InChI=1S/C12H13N3O4S2/c13-20(16,17)11-4-1-3-10(7-11)8-15-21(18,19)12-5-2-6-14-9-12/h1-7,9,15H,8H2,(H2,13,16,17). The van der Waals surface area contributed by atoms with Gasteiger partial charge in [0.25, 0.3) is 0 Å². The summed E-state index contributed by atoms with van der Waals surface area (Å²) in [4.78, 5) is 3.70. The van der Waals surface area contributed by atoms with Crippen LogP contribution in [0, 0.1) is 0 Å². The van der Waals surface area contributed by atoms with E-state index in [1.807, 2.05) is 0 Å². The van der Waals surface area contributed by atoms with Crippen LogP contribution in [0.2, 0.25) is 0 Å². The third kappa shape index (κ3) is 4.08. The van der Waals surface area contributed by atoms with Crippen LogP contribution in [-0.2, 0) is 26.6 Å². The van der Waals surface area contributed by atoms with Gasteiger partial charge in [0, 0.05) is 18.9 Å². The van der Waals surface area contributed by atoms with E-state index in [1.165, 1.54) is 42.7 Å². The molecule has 0 aliphatic heterocycles. The van der Waals surface area contributed by atoms with Crippen LogP contribution in [0.1, 0.15) is 5.56 Å². The molecule has 0 aliphatic rings. The molecule has 2 aromatic rings. The van der Waals surface area contributed by atoms with Gasteiger partial charge in [-0.05, 0) is 29.8 Å². The summed E-state index contributed by atoms with van der Waals surface area (Å²) in [6.07, 6.45) is 2.69.